The lowest BCUT2D eigenvalue weighted by molar-refractivity contribution is -0.120. The topological polar surface area (TPSA) is 46.3 Å². The summed E-state index contributed by atoms with van der Waals surface area (Å²) in [5, 5.41) is 0. The van der Waals surface area contributed by atoms with E-state index < -0.39 is 0 Å². The highest BCUT2D eigenvalue weighted by molar-refractivity contribution is 6.00. The normalized spacial score (nSPS) is 26.9. The molecule has 128 valence electrons. The van der Waals surface area contributed by atoms with Gasteiger partial charge in [0.1, 0.15) is 0 Å². The third-order valence-electron chi connectivity index (χ3n) is 6.55. The van der Waals surface area contributed by atoms with Gasteiger partial charge in [-0.3, -0.25) is 4.79 Å². The van der Waals surface area contributed by atoms with Crippen molar-refractivity contribution in [1.29, 1.82) is 0 Å². The highest BCUT2D eigenvalue weighted by atomic mass is 16.2. The molecule has 0 saturated heterocycles. The van der Waals surface area contributed by atoms with Gasteiger partial charge in [-0.15, -0.1) is 0 Å². The van der Waals surface area contributed by atoms with E-state index in [0.29, 0.717) is 5.91 Å². The zero-order chi connectivity index (χ0) is 17.0. The van der Waals surface area contributed by atoms with Crippen LogP contribution in [0.2, 0.25) is 0 Å². The Kier molecular flexibility index (Phi) is 3.21. The van der Waals surface area contributed by atoms with Crippen molar-refractivity contribution in [3.63, 3.8) is 0 Å². The Morgan fingerprint density at radius 1 is 1.08 bits per heavy atom. The van der Waals surface area contributed by atoms with Crippen LogP contribution in [0.5, 0.6) is 0 Å². The van der Waals surface area contributed by atoms with Gasteiger partial charge in [0.05, 0.1) is 0 Å². The summed E-state index contributed by atoms with van der Waals surface area (Å²) in [6.45, 7) is 0.823. The van der Waals surface area contributed by atoms with Crippen LogP contribution in [0.15, 0.2) is 42.5 Å². The molecule has 1 heterocycles. The third-order valence-corrected chi connectivity index (χ3v) is 6.55. The van der Waals surface area contributed by atoms with Gasteiger partial charge in [-0.25, -0.2) is 0 Å². The quantitative estimate of drug-likeness (QED) is 0.807. The number of carbonyl (C=O) groups is 1. The SMILES string of the molecule is Nc1cccc2c1CCCN2C(=O)C1CC12CCCc1ccccc12. The maximum absolute atomic E-state index is 13.4. The number of fused-ring (bicyclic) bond motifs is 3. The van der Waals surface area contributed by atoms with Crippen LogP contribution in [0.25, 0.3) is 0 Å². The van der Waals surface area contributed by atoms with Crippen LogP contribution in [-0.4, -0.2) is 12.5 Å². The fraction of sp³-hybridized carbons (Fsp3) is 0.409. The number of nitrogens with two attached hydrogens (primary N) is 1. The van der Waals surface area contributed by atoms with Crippen LogP contribution < -0.4 is 10.6 Å². The van der Waals surface area contributed by atoms with Crippen LogP contribution in [0.4, 0.5) is 11.4 Å². The van der Waals surface area contributed by atoms with Gasteiger partial charge in [0.2, 0.25) is 5.91 Å². The number of hydrogen-bond donors (Lipinski definition) is 1. The molecule has 2 N–H and O–H groups in total. The monoisotopic (exact) mass is 332 g/mol. The van der Waals surface area contributed by atoms with E-state index in [4.69, 9.17) is 5.73 Å². The molecule has 0 radical (unpaired) electrons. The van der Waals surface area contributed by atoms with Crippen LogP contribution >= 0.6 is 0 Å². The number of nitrogens with zero attached hydrogens (tertiary/aromatic N) is 1. The van der Waals surface area contributed by atoms with E-state index in [-0.39, 0.29) is 11.3 Å². The van der Waals surface area contributed by atoms with Gasteiger partial charge in [0.15, 0.2) is 0 Å². The Hall–Kier alpha value is -2.29. The number of benzene rings is 2. The van der Waals surface area contributed by atoms with Gasteiger partial charge in [0.25, 0.3) is 0 Å². The Bertz CT molecular complexity index is 859. The van der Waals surface area contributed by atoms with Crippen molar-refractivity contribution in [3.05, 3.63) is 59.2 Å². The summed E-state index contributed by atoms with van der Waals surface area (Å²) in [6.07, 6.45) is 6.50. The van der Waals surface area contributed by atoms with E-state index in [2.05, 4.69) is 30.3 Å². The fourth-order valence-corrected chi connectivity index (χ4v) is 5.22. The second-order valence-corrected chi connectivity index (χ2v) is 7.86. The summed E-state index contributed by atoms with van der Waals surface area (Å²) in [6, 6.07) is 14.7. The fourth-order valence-electron chi connectivity index (χ4n) is 5.22. The third kappa shape index (κ3) is 2.14. The van der Waals surface area contributed by atoms with Crippen molar-refractivity contribution < 1.29 is 4.79 Å². The molecule has 1 spiro atoms. The van der Waals surface area contributed by atoms with Crippen molar-refractivity contribution >= 4 is 17.3 Å². The van der Waals surface area contributed by atoms with E-state index in [1.165, 1.54) is 17.5 Å². The number of nitrogen functional groups attached to an aromatic ring is 1. The number of amides is 1. The first kappa shape index (κ1) is 15.0. The molecule has 1 amide bonds. The molecular weight excluding hydrogens is 308 g/mol. The first-order valence-corrected chi connectivity index (χ1v) is 9.48. The molecule has 2 aliphatic carbocycles. The van der Waals surface area contributed by atoms with E-state index in [0.717, 1.165) is 55.6 Å². The molecule has 1 fully saturated rings. The maximum Gasteiger partial charge on any atom is 0.231 e. The average Bonchev–Trinajstić information content (AvgIpc) is 3.36. The minimum atomic E-state index is 0.101. The summed E-state index contributed by atoms with van der Waals surface area (Å²) in [7, 11) is 0. The zero-order valence-electron chi connectivity index (χ0n) is 14.5. The number of carbonyl (C=O) groups excluding carboxylic acids is 1. The largest absolute Gasteiger partial charge is 0.398 e. The molecular formula is C22H24N2O. The van der Waals surface area contributed by atoms with E-state index in [1.54, 1.807) is 0 Å². The number of hydrogen-bond acceptors (Lipinski definition) is 2. The number of aryl methyl sites for hydroxylation is 1. The highest BCUT2D eigenvalue weighted by Crippen LogP contribution is 2.61. The van der Waals surface area contributed by atoms with Crippen molar-refractivity contribution in [2.75, 3.05) is 17.2 Å². The smallest absolute Gasteiger partial charge is 0.231 e. The molecule has 25 heavy (non-hydrogen) atoms. The molecule has 3 heteroatoms. The molecule has 0 aromatic heterocycles. The molecule has 3 aliphatic rings. The van der Waals surface area contributed by atoms with Crippen molar-refractivity contribution in [3.8, 4) is 0 Å². The standard InChI is InChI=1S/C22H24N2O/c23-19-10-3-11-20-16(19)8-5-13-24(20)21(25)18-14-22(18)12-4-7-15-6-1-2-9-17(15)22/h1-3,6,9-11,18H,4-5,7-8,12-14,23H2. The first-order valence-electron chi connectivity index (χ1n) is 9.48. The molecule has 2 aromatic rings. The van der Waals surface area contributed by atoms with Gasteiger partial charge in [-0.2, -0.15) is 0 Å². The molecule has 1 aliphatic heterocycles. The maximum atomic E-state index is 13.4. The minimum absolute atomic E-state index is 0.101. The lowest BCUT2D eigenvalue weighted by Gasteiger charge is -2.32. The summed E-state index contributed by atoms with van der Waals surface area (Å²) >= 11 is 0. The predicted molar refractivity (Wildman–Crippen MR) is 101 cm³/mol. The minimum Gasteiger partial charge on any atom is -0.398 e. The molecule has 2 atom stereocenters. The van der Waals surface area contributed by atoms with Crippen LogP contribution in [0.1, 0.15) is 42.4 Å². The summed E-state index contributed by atoms with van der Waals surface area (Å²) in [5.74, 6) is 0.449. The van der Waals surface area contributed by atoms with E-state index >= 15 is 0 Å². The average molecular weight is 332 g/mol. The Morgan fingerprint density at radius 2 is 1.96 bits per heavy atom. The van der Waals surface area contributed by atoms with Crippen molar-refractivity contribution in [1.82, 2.24) is 0 Å². The first-order chi connectivity index (χ1) is 12.2. The Labute approximate surface area is 148 Å². The second kappa shape index (κ2) is 5.35. The van der Waals surface area contributed by atoms with E-state index in [9.17, 15) is 4.79 Å². The van der Waals surface area contributed by atoms with Gasteiger partial charge < -0.3 is 10.6 Å². The summed E-state index contributed by atoms with van der Waals surface area (Å²) < 4.78 is 0. The molecule has 3 nitrogen and oxygen atoms in total. The van der Waals surface area contributed by atoms with Crippen LogP contribution in [0, 0.1) is 5.92 Å². The Morgan fingerprint density at radius 3 is 2.88 bits per heavy atom. The van der Waals surface area contributed by atoms with Gasteiger partial charge in [-0.05, 0) is 67.3 Å². The van der Waals surface area contributed by atoms with Gasteiger partial charge >= 0.3 is 0 Å². The lowest BCUT2D eigenvalue weighted by Crippen LogP contribution is -2.38. The summed E-state index contributed by atoms with van der Waals surface area (Å²) in [5.41, 5.74) is 12.2. The van der Waals surface area contributed by atoms with Crippen LogP contribution in [-0.2, 0) is 23.1 Å². The summed E-state index contributed by atoms with van der Waals surface area (Å²) in [4.78, 5) is 15.4. The van der Waals surface area contributed by atoms with Crippen molar-refractivity contribution in [2.24, 2.45) is 5.92 Å². The highest BCUT2D eigenvalue weighted by Gasteiger charge is 2.61. The molecule has 2 unspecified atom stereocenters. The van der Waals surface area contributed by atoms with Crippen LogP contribution in [0.3, 0.4) is 0 Å². The molecule has 2 aromatic carbocycles. The predicted octanol–water partition coefficient (Wildman–Crippen LogP) is 3.84. The van der Waals surface area contributed by atoms with Gasteiger partial charge in [0, 0.05) is 29.3 Å². The lowest BCUT2D eigenvalue weighted by atomic mass is 9.78. The number of rotatable bonds is 1. The van der Waals surface area contributed by atoms with E-state index in [1.807, 2.05) is 17.0 Å². The number of anilines is 2. The molecule has 0 bridgehead atoms. The zero-order valence-corrected chi connectivity index (χ0v) is 14.5. The molecule has 5 rings (SSSR count). The van der Waals surface area contributed by atoms with Gasteiger partial charge in [-0.1, -0.05) is 30.3 Å². The Balaban J connectivity index is 1.48. The second-order valence-electron chi connectivity index (χ2n) is 7.86. The molecule has 1 saturated carbocycles. The van der Waals surface area contributed by atoms with Crippen molar-refractivity contribution in [2.45, 2.75) is 43.9 Å².